The number of benzene rings is 1. The molecule has 0 N–H and O–H groups in total. The Hall–Kier alpha value is -1.82. The summed E-state index contributed by atoms with van der Waals surface area (Å²) in [5.41, 5.74) is -0.345. The van der Waals surface area contributed by atoms with Crippen LogP contribution in [0.3, 0.4) is 0 Å². The average Bonchev–Trinajstić information content (AvgIpc) is 2.26. The van der Waals surface area contributed by atoms with Crippen molar-refractivity contribution in [1.82, 2.24) is 9.55 Å². The molecule has 6 heteroatoms. The summed E-state index contributed by atoms with van der Waals surface area (Å²) in [6.45, 7) is 0.0147. The second kappa shape index (κ2) is 3.97. The van der Waals surface area contributed by atoms with Gasteiger partial charge in [0, 0.05) is 13.2 Å². The number of ether oxygens (including phenoxy) is 1. The van der Waals surface area contributed by atoms with E-state index in [1.54, 1.807) is 0 Å². The summed E-state index contributed by atoms with van der Waals surface area (Å²) >= 11 is 0. The molecule has 0 bridgehead atoms. The highest BCUT2D eigenvalue weighted by Crippen LogP contribution is 2.12. The number of aromatic nitrogens is 2. The summed E-state index contributed by atoms with van der Waals surface area (Å²) in [5, 5.41) is 0.0263. The van der Waals surface area contributed by atoms with Crippen LogP contribution in [0.4, 0.5) is 8.78 Å². The Morgan fingerprint density at radius 1 is 1.38 bits per heavy atom. The first-order valence-electron chi connectivity index (χ1n) is 4.46. The van der Waals surface area contributed by atoms with Gasteiger partial charge in [0.1, 0.15) is 13.1 Å². The van der Waals surface area contributed by atoms with Gasteiger partial charge in [-0.25, -0.2) is 13.8 Å². The predicted molar refractivity (Wildman–Crippen MR) is 52.9 cm³/mol. The van der Waals surface area contributed by atoms with E-state index >= 15 is 0 Å². The summed E-state index contributed by atoms with van der Waals surface area (Å²) in [5.74, 6) is -2.09. The maximum atomic E-state index is 13.0. The summed E-state index contributed by atoms with van der Waals surface area (Å²) < 4.78 is 31.8. The number of nitrogens with zero attached hydrogens (tertiary/aromatic N) is 2. The van der Waals surface area contributed by atoms with Gasteiger partial charge in [-0.05, 0) is 6.07 Å². The van der Waals surface area contributed by atoms with Crippen molar-refractivity contribution >= 4 is 10.9 Å². The van der Waals surface area contributed by atoms with Gasteiger partial charge in [0.05, 0.1) is 10.9 Å². The third-order valence-electron chi connectivity index (χ3n) is 2.13. The van der Waals surface area contributed by atoms with Crippen LogP contribution in [-0.4, -0.2) is 16.7 Å². The Morgan fingerprint density at radius 2 is 2.06 bits per heavy atom. The minimum absolute atomic E-state index is 0.0147. The number of halogens is 2. The van der Waals surface area contributed by atoms with E-state index in [9.17, 15) is 13.6 Å². The highest BCUT2D eigenvalue weighted by Gasteiger charge is 2.09. The van der Waals surface area contributed by atoms with E-state index in [4.69, 9.17) is 4.74 Å². The number of hydrogen-bond donors (Lipinski definition) is 0. The molecule has 1 heterocycles. The van der Waals surface area contributed by atoms with Gasteiger partial charge in [-0.2, -0.15) is 0 Å². The zero-order chi connectivity index (χ0) is 11.7. The van der Waals surface area contributed by atoms with E-state index in [2.05, 4.69) is 4.98 Å². The SMILES string of the molecule is COCn1cnc2cc(F)c(F)cc2c1=O. The van der Waals surface area contributed by atoms with Crippen LogP contribution in [0.25, 0.3) is 10.9 Å². The third-order valence-corrected chi connectivity index (χ3v) is 2.13. The van der Waals surface area contributed by atoms with E-state index in [1.165, 1.54) is 18.0 Å². The Morgan fingerprint density at radius 3 is 2.75 bits per heavy atom. The van der Waals surface area contributed by atoms with Crippen LogP contribution in [0.15, 0.2) is 23.3 Å². The molecule has 0 aliphatic heterocycles. The zero-order valence-electron chi connectivity index (χ0n) is 8.41. The first-order chi connectivity index (χ1) is 7.63. The number of hydrogen-bond acceptors (Lipinski definition) is 3. The normalized spacial score (nSPS) is 10.9. The van der Waals surface area contributed by atoms with E-state index in [0.29, 0.717) is 0 Å². The summed E-state index contributed by atoms with van der Waals surface area (Å²) in [6.07, 6.45) is 1.23. The van der Waals surface area contributed by atoms with Gasteiger partial charge >= 0.3 is 0 Å². The Balaban J connectivity index is 2.74. The fourth-order valence-corrected chi connectivity index (χ4v) is 1.38. The molecule has 4 nitrogen and oxygen atoms in total. The van der Waals surface area contributed by atoms with E-state index in [0.717, 1.165) is 12.1 Å². The lowest BCUT2D eigenvalue weighted by Gasteiger charge is -2.04. The monoisotopic (exact) mass is 226 g/mol. The van der Waals surface area contributed by atoms with Gasteiger partial charge in [0.25, 0.3) is 5.56 Å². The standard InChI is InChI=1S/C10H8F2N2O2/c1-16-5-14-4-13-9-3-8(12)7(11)2-6(9)10(14)15/h2-4H,5H2,1H3. The van der Waals surface area contributed by atoms with Crippen molar-refractivity contribution in [2.75, 3.05) is 7.11 Å². The smallest absolute Gasteiger partial charge is 0.263 e. The molecule has 0 saturated heterocycles. The topological polar surface area (TPSA) is 44.1 Å². The summed E-state index contributed by atoms with van der Waals surface area (Å²) in [7, 11) is 1.42. The van der Waals surface area contributed by atoms with Crippen LogP contribution < -0.4 is 5.56 Å². The van der Waals surface area contributed by atoms with Crippen molar-refractivity contribution < 1.29 is 13.5 Å². The second-order valence-corrected chi connectivity index (χ2v) is 3.22. The van der Waals surface area contributed by atoms with Crippen LogP contribution in [0.5, 0.6) is 0 Å². The van der Waals surface area contributed by atoms with Gasteiger partial charge in [0.15, 0.2) is 11.6 Å². The molecule has 0 aliphatic carbocycles. The lowest BCUT2D eigenvalue weighted by atomic mass is 10.2. The molecule has 0 radical (unpaired) electrons. The highest BCUT2D eigenvalue weighted by atomic mass is 19.2. The van der Waals surface area contributed by atoms with Crippen LogP contribution in [0.1, 0.15) is 0 Å². The zero-order valence-corrected chi connectivity index (χ0v) is 8.41. The molecule has 0 spiro atoms. The van der Waals surface area contributed by atoms with Gasteiger partial charge in [-0.15, -0.1) is 0 Å². The third kappa shape index (κ3) is 1.67. The van der Waals surface area contributed by atoms with E-state index < -0.39 is 17.2 Å². The first-order valence-corrected chi connectivity index (χ1v) is 4.46. The van der Waals surface area contributed by atoms with Crippen molar-refractivity contribution in [3.05, 3.63) is 40.4 Å². The van der Waals surface area contributed by atoms with Crippen LogP contribution in [0.2, 0.25) is 0 Å². The Labute approximate surface area is 89.1 Å². The molecule has 1 aromatic carbocycles. The van der Waals surface area contributed by atoms with Crippen molar-refractivity contribution in [3.8, 4) is 0 Å². The average molecular weight is 226 g/mol. The van der Waals surface area contributed by atoms with Crippen LogP contribution in [0, 0.1) is 11.6 Å². The number of fused-ring (bicyclic) bond motifs is 1. The Kier molecular flexibility index (Phi) is 2.66. The molecule has 0 amide bonds. The molecule has 0 fully saturated rings. The molecular formula is C10H8F2N2O2. The maximum absolute atomic E-state index is 13.0. The molecule has 0 aliphatic rings. The highest BCUT2D eigenvalue weighted by molar-refractivity contribution is 5.77. The van der Waals surface area contributed by atoms with E-state index in [-0.39, 0.29) is 17.6 Å². The van der Waals surface area contributed by atoms with Crippen LogP contribution >= 0.6 is 0 Å². The molecule has 0 unspecified atom stereocenters. The largest absolute Gasteiger partial charge is 0.364 e. The lowest BCUT2D eigenvalue weighted by molar-refractivity contribution is 0.127. The number of rotatable bonds is 2. The quantitative estimate of drug-likeness (QED) is 0.774. The van der Waals surface area contributed by atoms with Crippen molar-refractivity contribution in [3.63, 3.8) is 0 Å². The summed E-state index contributed by atoms with van der Waals surface area (Å²) in [6, 6.07) is 1.73. The van der Waals surface area contributed by atoms with Gasteiger partial charge in [-0.3, -0.25) is 9.36 Å². The predicted octanol–water partition coefficient (Wildman–Crippen LogP) is 1.28. The lowest BCUT2D eigenvalue weighted by Crippen LogP contribution is -2.21. The first kappa shape index (κ1) is 10.7. The van der Waals surface area contributed by atoms with Crippen molar-refractivity contribution in [2.24, 2.45) is 0 Å². The molecule has 2 rings (SSSR count). The fourth-order valence-electron chi connectivity index (χ4n) is 1.38. The minimum Gasteiger partial charge on any atom is -0.364 e. The van der Waals surface area contributed by atoms with Crippen LogP contribution in [-0.2, 0) is 11.5 Å². The van der Waals surface area contributed by atoms with Gasteiger partial charge < -0.3 is 4.74 Å². The molecule has 16 heavy (non-hydrogen) atoms. The Bertz CT molecular complexity index is 595. The maximum Gasteiger partial charge on any atom is 0.263 e. The fraction of sp³-hybridized carbons (Fsp3) is 0.200. The van der Waals surface area contributed by atoms with Crippen molar-refractivity contribution in [1.29, 1.82) is 0 Å². The molecule has 1 aromatic heterocycles. The molecular weight excluding hydrogens is 218 g/mol. The minimum atomic E-state index is -1.07. The molecule has 84 valence electrons. The molecule has 0 saturated carbocycles. The van der Waals surface area contributed by atoms with E-state index in [1.807, 2.05) is 0 Å². The number of methoxy groups -OCH3 is 1. The van der Waals surface area contributed by atoms with Crippen molar-refractivity contribution in [2.45, 2.75) is 6.73 Å². The van der Waals surface area contributed by atoms with Gasteiger partial charge in [-0.1, -0.05) is 0 Å². The second-order valence-electron chi connectivity index (χ2n) is 3.22. The molecule has 2 aromatic rings. The molecule has 0 atom stereocenters. The summed E-state index contributed by atoms with van der Waals surface area (Å²) in [4.78, 5) is 15.6. The van der Waals surface area contributed by atoms with Gasteiger partial charge in [0.2, 0.25) is 0 Å².